The number of halogens is 1. The summed E-state index contributed by atoms with van der Waals surface area (Å²) in [4.78, 5) is 2.10. The molecule has 0 aromatic rings. The quantitative estimate of drug-likeness (QED) is 0.702. The Labute approximate surface area is 83.6 Å². The van der Waals surface area contributed by atoms with Crippen LogP contribution in [-0.2, 0) is 0 Å². The van der Waals surface area contributed by atoms with Crippen LogP contribution in [0.15, 0.2) is 11.1 Å². The second kappa shape index (κ2) is 4.96. The molecule has 1 rings (SSSR count). The molecule has 1 heterocycles. The van der Waals surface area contributed by atoms with Gasteiger partial charge in [0.15, 0.2) is 0 Å². The minimum Gasteiger partial charge on any atom is -0.396 e. The average Bonchev–Trinajstić information content (AvgIpc) is 2.46. The van der Waals surface area contributed by atoms with Crippen LogP contribution in [0.5, 0.6) is 0 Å². The zero-order valence-corrected chi connectivity index (χ0v) is 8.54. The van der Waals surface area contributed by atoms with Gasteiger partial charge in [0.2, 0.25) is 0 Å². The summed E-state index contributed by atoms with van der Waals surface area (Å²) in [5.41, 5.74) is 2.63. The molecule has 0 bridgehead atoms. The summed E-state index contributed by atoms with van der Waals surface area (Å²) in [5, 5.41) is 18.4. The molecular weight excluding hydrogens is 190 g/mol. The molecule has 2 unspecified atom stereocenters. The highest BCUT2D eigenvalue weighted by Gasteiger charge is 2.30. The average molecular weight is 206 g/mol. The minimum absolute atomic E-state index is 0.00289. The standard InChI is InChI=1S/C9H16ClNO2/c1-7(2-10)3-11-4-8(6-12)9(13)5-11/h2,8-9,12-13H,3-6H2,1H3/b7-2+. The summed E-state index contributed by atoms with van der Waals surface area (Å²) in [6, 6.07) is 0. The van der Waals surface area contributed by atoms with E-state index in [0.717, 1.165) is 18.7 Å². The van der Waals surface area contributed by atoms with E-state index in [2.05, 4.69) is 4.90 Å². The highest BCUT2D eigenvalue weighted by Crippen LogP contribution is 2.17. The molecule has 3 nitrogen and oxygen atoms in total. The number of hydrogen-bond acceptors (Lipinski definition) is 3. The van der Waals surface area contributed by atoms with Gasteiger partial charge in [-0.1, -0.05) is 11.6 Å². The molecule has 0 saturated carbocycles. The molecule has 1 saturated heterocycles. The van der Waals surface area contributed by atoms with E-state index in [1.54, 1.807) is 5.54 Å². The van der Waals surface area contributed by atoms with Gasteiger partial charge in [-0.2, -0.15) is 0 Å². The Morgan fingerprint density at radius 3 is 2.77 bits per heavy atom. The Kier molecular flexibility index (Phi) is 4.19. The first-order chi connectivity index (χ1) is 6.17. The van der Waals surface area contributed by atoms with Gasteiger partial charge < -0.3 is 10.2 Å². The molecule has 1 aliphatic heterocycles. The molecule has 1 fully saturated rings. The summed E-state index contributed by atoms with van der Waals surface area (Å²) in [6.45, 7) is 4.16. The molecule has 0 aliphatic carbocycles. The number of rotatable bonds is 3. The van der Waals surface area contributed by atoms with E-state index < -0.39 is 6.10 Å². The first-order valence-corrected chi connectivity index (χ1v) is 4.88. The topological polar surface area (TPSA) is 43.7 Å². The number of aliphatic hydroxyl groups excluding tert-OH is 2. The van der Waals surface area contributed by atoms with Gasteiger partial charge in [-0.3, -0.25) is 4.90 Å². The molecule has 4 heteroatoms. The third kappa shape index (κ3) is 2.95. The van der Waals surface area contributed by atoms with Crippen molar-refractivity contribution in [1.82, 2.24) is 4.90 Å². The summed E-state index contributed by atoms with van der Waals surface area (Å²) >= 11 is 5.54. The SMILES string of the molecule is C/C(=C\Cl)CN1CC(O)C(CO)C1. The Bertz CT molecular complexity index is 196. The van der Waals surface area contributed by atoms with Gasteiger partial charge in [-0.05, 0) is 12.5 Å². The number of likely N-dealkylation sites (tertiary alicyclic amines) is 1. The van der Waals surface area contributed by atoms with Crippen LogP contribution in [0.2, 0.25) is 0 Å². The summed E-state index contributed by atoms with van der Waals surface area (Å²) < 4.78 is 0. The summed E-state index contributed by atoms with van der Waals surface area (Å²) in [6.07, 6.45) is -0.395. The van der Waals surface area contributed by atoms with Gasteiger partial charge in [0.25, 0.3) is 0 Å². The summed E-state index contributed by atoms with van der Waals surface area (Å²) in [5.74, 6) is 0.00289. The van der Waals surface area contributed by atoms with Gasteiger partial charge >= 0.3 is 0 Å². The van der Waals surface area contributed by atoms with E-state index in [4.69, 9.17) is 16.7 Å². The smallest absolute Gasteiger partial charge is 0.0729 e. The van der Waals surface area contributed by atoms with Gasteiger partial charge in [0.1, 0.15) is 0 Å². The molecule has 0 amide bonds. The van der Waals surface area contributed by atoms with Crippen LogP contribution in [0, 0.1) is 5.92 Å². The Morgan fingerprint density at radius 2 is 2.31 bits per heavy atom. The maximum absolute atomic E-state index is 9.49. The van der Waals surface area contributed by atoms with E-state index in [1.807, 2.05) is 6.92 Å². The molecule has 0 radical (unpaired) electrons. The van der Waals surface area contributed by atoms with E-state index in [0.29, 0.717) is 6.54 Å². The molecule has 76 valence electrons. The lowest BCUT2D eigenvalue weighted by atomic mass is 10.1. The fraction of sp³-hybridized carbons (Fsp3) is 0.778. The lowest BCUT2D eigenvalue weighted by Gasteiger charge is -2.14. The van der Waals surface area contributed by atoms with E-state index >= 15 is 0 Å². The molecular formula is C9H16ClNO2. The van der Waals surface area contributed by atoms with Crippen LogP contribution < -0.4 is 0 Å². The number of β-amino-alcohol motifs (C(OH)–C–C–N with tert-alkyl or cyclic N) is 1. The maximum atomic E-state index is 9.49. The van der Waals surface area contributed by atoms with Crippen LogP contribution in [0.3, 0.4) is 0 Å². The number of nitrogens with zero attached hydrogens (tertiary/aromatic N) is 1. The Hall–Kier alpha value is -0.0900. The normalized spacial score (nSPS) is 31.2. The van der Waals surface area contributed by atoms with Crippen LogP contribution in [0.25, 0.3) is 0 Å². The van der Waals surface area contributed by atoms with Gasteiger partial charge in [0, 0.05) is 37.7 Å². The van der Waals surface area contributed by atoms with Gasteiger partial charge in [-0.25, -0.2) is 0 Å². The third-order valence-corrected chi connectivity index (χ3v) is 2.75. The molecule has 13 heavy (non-hydrogen) atoms. The molecule has 2 atom stereocenters. The lowest BCUT2D eigenvalue weighted by Crippen LogP contribution is -2.23. The highest BCUT2D eigenvalue weighted by atomic mass is 35.5. The van der Waals surface area contributed by atoms with Gasteiger partial charge in [0.05, 0.1) is 6.10 Å². The van der Waals surface area contributed by atoms with Crippen molar-refractivity contribution in [2.75, 3.05) is 26.2 Å². The summed E-state index contributed by atoms with van der Waals surface area (Å²) in [7, 11) is 0. The van der Waals surface area contributed by atoms with E-state index in [-0.39, 0.29) is 12.5 Å². The van der Waals surface area contributed by atoms with Crippen LogP contribution >= 0.6 is 11.6 Å². The van der Waals surface area contributed by atoms with Crippen LogP contribution in [0.4, 0.5) is 0 Å². The van der Waals surface area contributed by atoms with Crippen LogP contribution in [0.1, 0.15) is 6.92 Å². The second-order valence-corrected chi connectivity index (χ2v) is 3.88. The van der Waals surface area contributed by atoms with E-state index in [1.165, 1.54) is 0 Å². The monoisotopic (exact) mass is 205 g/mol. The fourth-order valence-electron chi connectivity index (χ4n) is 1.64. The lowest BCUT2D eigenvalue weighted by molar-refractivity contribution is 0.103. The van der Waals surface area contributed by atoms with Crippen molar-refractivity contribution < 1.29 is 10.2 Å². The first kappa shape index (κ1) is 11.0. The number of aliphatic hydroxyl groups is 2. The molecule has 0 aromatic heterocycles. The van der Waals surface area contributed by atoms with Crippen molar-refractivity contribution >= 4 is 11.6 Å². The predicted octanol–water partition coefficient (Wildman–Crippen LogP) is 0.414. The molecule has 1 aliphatic rings. The minimum atomic E-state index is -0.395. The van der Waals surface area contributed by atoms with Crippen molar-refractivity contribution in [2.24, 2.45) is 5.92 Å². The first-order valence-electron chi connectivity index (χ1n) is 4.44. The van der Waals surface area contributed by atoms with Gasteiger partial charge in [-0.15, -0.1) is 0 Å². The van der Waals surface area contributed by atoms with Crippen molar-refractivity contribution in [3.05, 3.63) is 11.1 Å². The molecule has 0 aromatic carbocycles. The largest absolute Gasteiger partial charge is 0.396 e. The second-order valence-electron chi connectivity index (χ2n) is 3.66. The van der Waals surface area contributed by atoms with Crippen molar-refractivity contribution in [3.8, 4) is 0 Å². The molecule has 0 spiro atoms. The zero-order chi connectivity index (χ0) is 9.84. The van der Waals surface area contributed by atoms with E-state index in [9.17, 15) is 5.11 Å². The Balaban J connectivity index is 2.40. The number of hydrogen-bond donors (Lipinski definition) is 2. The van der Waals surface area contributed by atoms with Crippen molar-refractivity contribution in [3.63, 3.8) is 0 Å². The Morgan fingerprint density at radius 1 is 1.62 bits per heavy atom. The van der Waals surface area contributed by atoms with Crippen molar-refractivity contribution in [2.45, 2.75) is 13.0 Å². The predicted molar refractivity (Wildman–Crippen MR) is 52.6 cm³/mol. The fourth-order valence-corrected chi connectivity index (χ4v) is 1.71. The highest BCUT2D eigenvalue weighted by molar-refractivity contribution is 6.25. The maximum Gasteiger partial charge on any atom is 0.0729 e. The van der Waals surface area contributed by atoms with Crippen LogP contribution in [-0.4, -0.2) is 47.5 Å². The molecule has 2 N–H and O–H groups in total. The zero-order valence-electron chi connectivity index (χ0n) is 7.78. The third-order valence-electron chi connectivity index (χ3n) is 2.38. The van der Waals surface area contributed by atoms with Crippen molar-refractivity contribution in [1.29, 1.82) is 0 Å².